The van der Waals surface area contributed by atoms with Gasteiger partial charge in [0.05, 0.1) is 26.0 Å². The predicted octanol–water partition coefficient (Wildman–Crippen LogP) is 4.78. The lowest BCUT2D eigenvalue weighted by atomic mass is 10.1. The molecule has 0 radical (unpaired) electrons. The van der Waals surface area contributed by atoms with E-state index in [4.69, 9.17) is 9.47 Å². The van der Waals surface area contributed by atoms with Crippen LogP contribution < -0.4 is 14.8 Å². The molecule has 140 valence electrons. The molecule has 0 spiro atoms. The van der Waals surface area contributed by atoms with Crippen molar-refractivity contribution < 1.29 is 13.9 Å². The van der Waals surface area contributed by atoms with Crippen LogP contribution in [0.5, 0.6) is 11.5 Å². The van der Waals surface area contributed by atoms with Gasteiger partial charge in [0.25, 0.3) is 0 Å². The zero-order valence-electron chi connectivity index (χ0n) is 15.8. The fourth-order valence-electron chi connectivity index (χ4n) is 2.86. The highest BCUT2D eigenvalue weighted by molar-refractivity contribution is 5.65. The van der Waals surface area contributed by atoms with Crippen LogP contribution in [-0.2, 0) is 0 Å². The molecule has 1 atom stereocenters. The van der Waals surface area contributed by atoms with Gasteiger partial charge < -0.3 is 14.8 Å². The standard InChI is InChI=1S/C21H22FN3O2/c1-13(15-7-5-8-16(11-15)26-3)23-20-12-18(24-14(2)25-20)17-9-6-10-19(27-4)21(17)22/h5-13H,1-4H3,(H,23,24,25)/t13-/m0/s1. The Hall–Kier alpha value is -3.15. The molecule has 0 unspecified atom stereocenters. The molecule has 2 aromatic carbocycles. The monoisotopic (exact) mass is 367 g/mol. The van der Waals surface area contributed by atoms with Crippen LogP contribution in [0, 0.1) is 12.7 Å². The number of rotatable bonds is 6. The van der Waals surface area contributed by atoms with Crippen molar-refractivity contribution in [3.8, 4) is 22.8 Å². The summed E-state index contributed by atoms with van der Waals surface area (Å²) in [5.74, 6) is 1.71. The quantitative estimate of drug-likeness (QED) is 0.679. The molecule has 0 aliphatic heterocycles. The van der Waals surface area contributed by atoms with E-state index in [-0.39, 0.29) is 11.8 Å². The normalized spacial score (nSPS) is 11.7. The summed E-state index contributed by atoms with van der Waals surface area (Å²) in [6, 6.07) is 14.5. The topological polar surface area (TPSA) is 56.3 Å². The minimum Gasteiger partial charge on any atom is -0.497 e. The van der Waals surface area contributed by atoms with Crippen molar-refractivity contribution in [3.05, 3.63) is 65.7 Å². The Bertz CT molecular complexity index is 946. The molecular formula is C21H22FN3O2. The molecule has 0 bridgehead atoms. The van der Waals surface area contributed by atoms with Crippen LogP contribution in [0.4, 0.5) is 10.2 Å². The first-order valence-electron chi connectivity index (χ1n) is 8.61. The zero-order chi connectivity index (χ0) is 19.4. The minimum atomic E-state index is -0.440. The summed E-state index contributed by atoms with van der Waals surface area (Å²) in [5, 5.41) is 3.35. The Morgan fingerprint density at radius 2 is 1.78 bits per heavy atom. The number of anilines is 1. The molecular weight excluding hydrogens is 345 g/mol. The fourth-order valence-corrected chi connectivity index (χ4v) is 2.86. The Morgan fingerprint density at radius 3 is 2.52 bits per heavy atom. The van der Waals surface area contributed by atoms with E-state index in [1.165, 1.54) is 7.11 Å². The third-order valence-corrected chi connectivity index (χ3v) is 4.26. The van der Waals surface area contributed by atoms with Crippen LogP contribution in [0.2, 0.25) is 0 Å². The lowest BCUT2D eigenvalue weighted by Crippen LogP contribution is -2.09. The lowest BCUT2D eigenvalue weighted by Gasteiger charge is -2.17. The van der Waals surface area contributed by atoms with Gasteiger partial charge in [-0.05, 0) is 43.7 Å². The van der Waals surface area contributed by atoms with Crippen LogP contribution in [0.15, 0.2) is 48.5 Å². The van der Waals surface area contributed by atoms with Gasteiger partial charge in [0.15, 0.2) is 11.6 Å². The van der Waals surface area contributed by atoms with Crippen molar-refractivity contribution in [1.82, 2.24) is 9.97 Å². The number of nitrogens with one attached hydrogen (secondary N) is 1. The molecule has 0 fully saturated rings. The number of hydrogen-bond acceptors (Lipinski definition) is 5. The Balaban J connectivity index is 1.92. The van der Waals surface area contributed by atoms with Crippen molar-refractivity contribution >= 4 is 5.82 Å². The number of methoxy groups -OCH3 is 2. The number of nitrogens with zero attached hydrogens (tertiary/aromatic N) is 2. The molecule has 3 aromatic rings. The summed E-state index contributed by atoms with van der Waals surface area (Å²) in [6.07, 6.45) is 0. The average molecular weight is 367 g/mol. The Kier molecular flexibility index (Phi) is 5.54. The molecule has 0 saturated carbocycles. The van der Waals surface area contributed by atoms with Crippen LogP contribution >= 0.6 is 0 Å². The van der Waals surface area contributed by atoms with Crippen molar-refractivity contribution in [2.45, 2.75) is 19.9 Å². The second-order valence-corrected chi connectivity index (χ2v) is 6.15. The summed E-state index contributed by atoms with van der Waals surface area (Å²) in [5.41, 5.74) is 1.93. The first-order valence-corrected chi connectivity index (χ1v) is 8.61. The number of hydrogen-bond donors (Lipinski definition) is 1. The van der Waals surface area contributed by atoms with Gasteiger partial charge in [-0.2, -0.15) is 0 Å². The average Bonchev–Trinajstić information content (AvgIpc) is 2.67. The summed E-state index contributed by atoms with van der Waals surface area (Å²) in [6.45, 7) is 3.81. The SMILES string of the molecule is COc1cccc([C@H](C)Nc2cc(-c3cccc(OC)c3F)nc(C)n2)c1. The van der Waals surface area contributed by atoms with Crippen LogP contribution in [0.25, 0.3) is 11.3 Å². The molecule has 0 saturated heterocycles. The number of benzene rings is 2. The van der Waals surface area contributed by atoms with Crippen LogP contribution in [0.3, 0.4) is 0 Å². The van der Waals surface area contributed by atoms with Crippen molar-refractivity contribution in [3.63, 3.8) is 0 Å². The number of aromatic nitrogens is 2. The Labute approximate surface area is 158 Å². The fraction of sp³-hybridized carbons (Fsp3) is 0.238. The van der Waals surface area contributed by atoms with Gasteiger partial charge in [-0.1, -0.05) is 18.2 Å². The third kappa shape index (κ3) is 4.16. The zero-order valence-corrected chi connectivity index (χ0v) is 15.8. The molecule has 0 aliphatic rings. The number of ether oxygens (including phenoxy) is 2. The van der Waals surface area contributed by atoms with E-state index < -0.39 is 5.82 Å². The molecule has 27 heavy (non-hydrogen) atoms. The minimum absolute atomic E-state index is 0.0163. The summed E-state index contributed by atoms with van der Waals surface area (Å²) in [4.78, 5) is 8.81. The molecule has 0 aliphatic carbocycles. The molecule has 5 nitrogen and oxygen atoms in total. The molecule has 1 aromatic heterocycles. The molecule has 0 amide bonds. The summed E-state index contributed by atoms with van der Waals surface area (Å²) < 4.78 is 25.0. The number of aryl methyl sites for hydroxylation is 1. The maximum absolute atomic E-state index is 14.6. The highest BCUT2D eigenvalue weighted by Gasteiger charge is 2.14. The smallest absolute Gasteiger partial charge is 0.174 e. The maximum atomic E-state index is 14.6. The van der Waals surface area contributed by atoms with Gasteiger partial charge in [-0.3, -0.25) is 0 Å². The maximum Gasteiger partial charge on any atom is 0.174 e. The van der Waals surface area contributed by atoms with Crippen molar-refractivity contribution in [2.24, 2.45) is 0 Å². The molecule has 3 rings (SSSR count). The van der Waals surface area contributed by atoms with Crippen molar-refractivity contribution in [2.75, 3.05) is 19.5 Å². The van der Waals surface area contributed by atoms with Crippen molar-refractivity contribution in [1.29, 1.82) is 0 Å². The van der Waals surface area contributed by atoms with E-state index in [1.54, 1.807) is 38.3 Å². The van der Waals surface area contributed by atoms with E-state index in [1.807, 2.05) is 31.2 Å². The van der Waals surface area contributed by atoms with Gasteiger partial charge in [-0.15, -0.1) is 0 Å². The first-order chi connectivity index (χ1) is 13.0. The summed E-state index contributed by atoms with van der Waals surface area (Å²) in [7, 11) is 3.08. The van der Waals surface area contributed by atoms with E-state index in [2.05, 4.69) is 15.3 Å². The molecule has 1 heterocycles. The Morgan fingerprint density at radius 1 is 1.00 bits per heavy atom. The largest absolute Gasteiger partial charge is 0.497 e. The van der Waals surface area contributed by atoms with E-state index in [0.29, 0.717) is 22.9 Å². The number of halogens is 1. The highest BCUT2D eigenvalue weighted by atomic mass is 19.1. The summed E-state index contributed by atoms with van der Waals surface area (Å²) >= 11 is 0. The molecule has 1 N–H and O–H groups in total. The van der Waals surface area contributed by atoms with Gasteiger partial charge >= 0.3 is 0 Å². The third-order valence-electron chi connectivity index (χ3n) is 4.26. The molecule has 6 heteroatoms. The van der Waals surface area contributed by atoms with Gasteiger partial charge in [0.1, 0.15) is 17.4 Å². The first kappa shape index (κ1) is 18.6. The van der Waals surface area contributed by atoms with Gasteiger partial charge in [-0.25, -0.2) is 14.4 Å². The van der Waals surface area contributed by atoms with Gasteiger partial charge in [0.2, 0.25) is 0 Å². The lowest BCUT2D eigenvalue weighted by molar-refractivity contribution is 0.387. The van der Waals surface area contributed by atoms with Crippen LogP contribution in [0.1, 0.15) is 24.4 Å². The second-order valence-electron chi connectivity index (χ2n) is 6.15. The highest BCUT2D eigenvalue weighted by Crippen LogP contribution is 2.30. The second kappa shape index (κ2) is 8.03. The predicted molar refractivity (Wildman–Crippen MR) is 104 cm³/mol. The van der Waals surface area contributed by atoms with Gasteiger partial charge in [0, 0.05) is 11.6 Å². The van der Waals surface area contributed by atoms with E-state index in [0.717, 1.165) is 11.3 Å². The van der Waals surface area contributed by atoms with Crippen LogP contribution in [-0.4, -0.2) is 24.2 Å². The van der Waals surface area contributed by atoms with E-state index in [9.17, 15) is 4.39 Å². The van der Waals surface area contributed by atoms with E-state index >= 15 is 0 Å².